The summed E-state index contributed by atoms with van der Waals surface area (Å²) < 4.78 is 10.7. The lowest BCUT2D eigenvalue weighted by molar-refractivity contribution is 0.154. The van der Waals surface area contributed by atoms with Gasteiger partial charge in [-0.15, -0.1) is 0 Å². The maximum Gasteiger partial charge on any atom is 0.264 e. The molecule has 7 heteroatoms. The van der Waals surface area contributed by atoms with E-state index in [1.165, 1.54) is 22.4 Å². The highest BCUT2D eigenvalue weighted by molar-refractivity contribution is 7.12. The van der Waals surface area contributed by atoms with Gasteiger partial charge in [-0.05, 0) is 36.2 Å². The molecule has 2 aromatic heterocycles. The SMILES string of the molecule is COc1cccc([C@H](O)Cn2cnc3snc(C)c3c2=O)c1. The van der Waals surface area contributed by atoms with E-state index >= 15 is 0 Å². The number of hydrogen-bond acceptors (Lipinski definition) is 6. The van der Waals surface area contributed by atoms with Crippen LogP contribution in [-0.2, 0) is 6.54 Å². The van der Waals surface area contributed by atoms with Gasteiger partial charge in [0.05, 0.1) is 37.2 Å². The van der Waals surface area contributed by atoms with E-state index in [1.807, 2.05) is 0 Å². The normalized spacial score (nSPS) is 12.5. The predicted molar refractivity (Wildman–Crippen MR) is 84.4 cm³/mol. The van der Waals surface area contributed by atoms with Gasteiger partial charge >= 0.3 is 0 Å². The maximum atomic E-state index is 12.5. The van der Waals surface area contributed by atoms with Crippen molar-refractivity contribution in [3.8, 4) is 5.75 Å². The lowest BCUT2D eigenvalue weighted by Crippen LogP contribution is -2.23. The second-order valence-corrected chi connectivity index (χ2v) is 5.69. The van der Waals surface area contributed by atoms with E-state index in [-0.39, 0.29) is 12.1 Å². The number of hydrogen-bond donors (Lipinski definition) is 1. The molecule has 1 N–H and O–H groups in total. The summed E-state index contributed by atoms with van der Waals surface area (Å²) in [6.07, 6.45) is 0.630. The number of nitrogens with zero attached hydrogens (tertiary/aromatic N) is 3. The second kappa shape index (κ2) is 5.86. The highest BCUT2D eigenvalue weighted by Gasteiger charge is 2.14. The van der Waals surface area contributed by atoms with E-state index in [4.69, 9.17) is 4.74 Å². The Morgan fingerprint density at radius 3 is 3.05 bits per heavy atom. The van der Waals surface area contributed by atoms with Crippen LogP contribution in [0.5, 0.6) is 5.75 Å². The summed E-state index contributed by atoms with van der Waals surface area (Å²) in [5.41, 5.74) is 1.17. The van der Waals surface area contributed by atoms with Crippen LogP contribution in [0.3, 0.4) is 0 Å². The van der Waals surface area contributed by atoms with Gasteiger partial charge in [0.15, 0.2) is 4.83 Å². The van der Waals surface area contributed by atoms with Crippen molar-refractivity contribution >= 4 is 21.7 Å². The summed E-state index contributed by atoms with van der Waals surface area (Å²) in [7, 11) is 1.57. The van der Waals surface area contributed by atoms with Crippen LogP contribution in [0.15, 0.2) is 35.4 Å². The molecule has 0 aliphatic rings. The fourth-order valence-corrected chi connectivity index (χ4v) is 3.02. The van der Waals surface area contributed by atoms with Gasteiger partial charge in [0.2, 0.25) is 0 Å². The molecular formula is C15H15N3O3S. The molecule has 3 rings (SSSR count). The monoisotopic (exact) mass is 317 g/mol. The van der Waals surface area contributed by atoms with E-state index in [1.54, 1.807) is 38.3 Å². The van der Waals surface area contributed by atoms with Crippen LogP contribution in [0.25, 0.3) is 10.2 Å². The molecule has 2 heterocycles. The first kappa shape index (κ1) is 14.7. The Morgan fingerprint density at radius 2 is 2.27 bits per heavy atom. The Morgan fingerprint density at radius 1 is 1.45 bits per heavy atom. The minimum absolute atomic E-state index is 0.129. The van der Waals surface area contributed by atoms with E-state index in [0.717, 1.165) is 0 Å². The Hall–Kier alpha value is -2.25. The third kappa shape index (κ3) is 2.60. The number of aliphatic hydroxyl groups excluding tert-OH is 1. The zero-order valence-corrected chi connectivity index (χ0v) is 13.0. The highest BCUT2D eigenvalue weighted by atomic mass is 32.1. The van der Waals surface area contributed by atoms with Crippen molar-refractivity contribution < 1.29 is 9.84 Å². The Kier molecular flexibility index (Phi) is 3.91. The van der Waals surface area contributed by atoms with Crippen molar-refractivity contribution in [1.29, 1.82) is 0 Å². The van der Waals surface area contributed by atoms with Crippen molar-refractivity contribution in [2.75, 3.05) is 7.11 Å². The third-order valence-electron chi connectivity index (χ3n) is 3.48. The number of fused-ring (bicyclic) bond motifs is 1. The van der Waals surface area contributed by atoms with Crippen molar-refractivity contribution in [1.82, 2.24) is 13.9 Å². The van der Waals surface area contributed by atoms with Gasteiger partial charge in [-0.25, -0.2) is 4.98 Å². The number of rotatable bonds is 4. The van der Waals surface area contributed by atoms with Gasteiger partial charge in [0, 0.05) is 0 Å². The fraction of sp³-hybridized carbons (Fsp3) is 0.267. The van der Waals surface area contributed by atoms with Crippen LogP contribution in [0.4, 0.5) is 0 Å². The third-order valence-corrected chi connectivity index (χ3v) is 4.33. The summed E-state index contributed by atoms with van der Waals surface area (Å²) in [5.74, 6) is 0.662. The maximum absolute atomic E-state index is 12.5. The minimum Gasteiger partial charge on any atom is -0.497 e. The molecule has 0 radical (unpaired) electrons. The van der Waals surface area contributed by atoms with Crippen LogP contribution in [0.2, 0.25) is 0 Å². The molecule has 114 valence electrons. The smallest absolute Gasteiger partial charge is 0.264 e. The number of benzene rings is 1. The molecule has 1 atom stereocenters. The minimum atomic E-state index is -0.820. The van der Waals surface area contributed by atoms with Crippen LogP contribution >= 0.6 is 11.5 Å². The van der Waals surface area contributed by atoms with Gasteiger partial charge in [0.25, 0.3) is 5.56 Å². The van der Waals surface area contributed by atoms with Crippen LogP contribution in [0, 0.1) is 6.92 Å². The molecule has 1 aromatic carbocycles. The Bertz CT molecular complexity index is 872. The lowest BCUT2D eigenvalue weighted by atomic mass is 10.1. The Labute approximate surface area is 130 Å². The van der Waals surface area contributed by atoms with Gasteiger partial charge in [-0.1, -0.05) is 12.1 Å². The van der Waals surface area contributed by atoms with E-state index < -0.39 is 6.10 Å². The van der Waals surface area contributed by atoms with Gasteiger partial charge in [-0.3, -0.25) is 9.36 Å². The number of aryl methyl sites for hydroxylation is 1. The first-order valence-electron chi connectivity index (χ1n) is 6.73. The van der Waals surface area contributed by atoms with Crippen molar-refractivity contribution in [2.24, 2.45) is 0 Å². The molecule has 0 bridgehead atoms. The number of aliphatic hydroxyl groups is 1. The van der Waals surface area contributed by atoms with Crippen LogP contribution in [0.1, 0.15) is 17.4 Å². The van der Waals surface area contributed by atoms with Gasteiger partial charge < -0.3 is 9.84 Å². The van der Waals surface area contributed by atoms with Crippen molar-refractivity contribution in [3.05, 3.63) is 52.2 Å². The topological polar surface area (TPSA) is 77.2 Å². The van der Waals surface area contributed by atoms with Crippen molar-refractivity contribution in [3.63, 3.8) is 0 Å². The van der Waals surface area contributed by atoms with E-state index in [0.29, 0.717) is 27.2 Å². The van der Waals surface area contributed by atoms with E-state index in [2.05, 4.69) is 9.36 Å². The predicted octanol–water partition coefficient (Wildman–Crippen LogP) is 1.90. The first-order valence-corrected chi connectivity index (χ1v) is 7.51. The molecule has 0 aliphatic heterocycles. The molecule has 0 saturated heterocycles. The fourth-order valence-electron chi connectivity index (χ4n) is 2.28. The molecular weight excluding hydrogens is 302 g/mol. The largest absolute Gasteiger partial charge is 0.497 e. The molecule has 0 fully saturated rings. The highest BCUT2D eigenvalue weighted by Crippen LogP contribution is 2.21. The lowest BCUT2D eigenvalue weighted by Gasteiger charge is -2.13. The van der Waals surface area contributed by atoms with Gasteiger partial charge in [-0.2, -0.15) is 4.37 Å². The molecule has 3 aromatic rings. The zero-order valence-electron chi connectivity index (χ0n) is 12.2. The molecule has 6 nitrogen and oxygen atoms in total. The zero-order chi connectivity index (χ0) is 15.7. The average Bonchev–Trinajstić information content (AvgIpc) is 2.92. The van der Waals surface area contributed by atoms with Crippen LogP contribution in [-0.4, -0.2) is 26.1 Å². The molecule has 0 spiro atoms. The number of ether oxygens (including phenoxy) is 1. The van der Waals surface area contributed by atoms with Crippen molar-refractivity contribution in [2.45, 2.75) is 19.6 Å². The standard InChI is InChI=1S/C15H15N3O3S/c1-9-13-14(22-17-9)16-8-18(15(13)20)7-12(19)10-4-3-5-11(6-10)21-2/h3-6,8,12,19H,7H2,1-2H3/t12-/m1/s1. The summed E-state index contributed by atoms with van der Waals surface area (Å²) >= 11 is 1.20. The quantitative estimate of drug-likeness (QED) is 0.795. The number of aromatic nitrogens is 3. The summed E-state index contributed by atoms with van der Waals surface area (Å²) in [4.78, 5) is 17.3. The summed E-state index contributed by atoms with van der Waals surface area (Å²) in [6.45, 7) is 1.91. The van der Waals surface area contributed by atoms with Gasteiger partial charge in [0.1, 0.15) is 5.75 Å². The first-order chi connectivity index (χ1) is 10.6. The number of methoxy groups -OCH3 is 1. The summed E-state index contributed by atoms with van der Waals surface area (Å²) in [5, 5.41) is 10.9. The Balaban J connectivity index is 1.93. The molecule has 22 heavy (non-hydrogen) atoms. The summed E-state index contributed by atoms with van der Waals surface area (Å²) in [6, 6.07) is 7.14. The molecule has 0 unspecified atom stereocenters. The molecule has 0 aliphatic carbocycles. The second-order valence-electron chi connectivity index (χ2n) is 4.94. The van der Waals surface area contributed by atoms with E-state index in [9.17, 15) is 9.90 Å². The molecule has 0 amide bonds. The van der Waals surface area contributed by atoms with Crippen LogP contribution < -0.4 is 10.3 Å². The average molecular weight is 317 g/mol. The molecule has 0 saturated carbocycles.